The molecule has 3 aromatic rings. The molecule has 1 atom stereocenters. The molecule has 0 aliphatic carbocycles. The van der Waals surface area contributed by atoms with E-state index in [0.29, 0.717) is 0 Å². The first kappa shape index (κ1) is 31.8. The van der Waals surface area contributed by atoms with Crippen LogP contribution in [0, 0.1) is 5.41 Å². The minimum atomic E-state index is 0. The number of hydrogen-bond donors (Lipinski definition) is 0. The SMILES string of the molecule is Br.PCCCCCCCCCCCCCC(Cc1ccccc1)(Cc1ccccc1)Cc1ccccc1. The molecule has 0 spiro atoms. The topological polar surface area (TPSA) is 0 Å². The maximum absolute atomic E-state index is 2.85. The van der Waals surface area contributed by atoms with Gasteiger partial charge < -0.3 is 0 Å². The second-order valence-corrected chi connectivity index (χ2v) is 11.5. The van der Waals surface area contributed by atoms with Crippen molar-refractivity contribution in [1.82, 2.24) is 0 Å². The van der Waals surface area contributed by atoms with Crippen LogP contribution in [0.25, 0.3) is 0 Å². The third kappa shape index (κ3) is 13.3. The van der Waals surface area contributed by atoms with Gasteiger partial charge in [-0.15, -0.1) is 26.2 Å². The fraction of sp³-hybridized carbons (Fsp3) is 0.486. The summed E-state index contributed by atoms with van der Waals surface area (Å²) >= 11 is 0. The van der Waals surface area contributed by atoms with Gasteiger partial charge in [-0.25, -0.2) is 0 Å². The third-order valence-corrected chi connectivity index (χ3v) is 8.09. The van der Waals surface area contributed by atoms with E-state index in [9.17, 15) is 0 Å². The minimum absolute atomic E-state index is 0. The van der Waals surface area contributed by atoms with Crippen LogP contribution < -0.4 is 0 Å². The maximum Gasteiger partial charge on any atom is -0.0176 e. The van der Waals surface area contributed by atoms with Crippen molar-refractivity contribution in [3.8, 4) is 0 Å². The van der Waals surface area contributed by atoms with E-state index in [1.807, 2.05) is 0 Å². The molecule has 0 nitrogen and oxygen atoms in total. The summed E-state index contributed by atoms with van der Waals surface area (Å²) in [5.41, 5.74) is 4.67. The van der Waals surface area contributed by atoms with Gasteiger partial charge in [-0.1, -0.05) is 155 Å². The zero-order valence-corrected chi connectivity index (χ0v) is 25.8. The van der Waals surface area contributed by atoms with Crippen LogP contribution in [-0.2, 0) is 19.3 Å². The van der Waals surface area contributed by atoms with Gasteiger partial charge >= 0.3 is 0 Å². The molecule has 3 aromatic carbocycles. The first-order valence-electron chi connectivity index (χ1n) is 14.6. The van der Waals surface area contributed by atoms with Crippen LogP contribution >= 0.6 is 26.2 Å². The number of benzene rings is 3. The van der Waals surface area contributed by atoms with E-state index in [0.717, 1.165) is 19.3 Å². The van der Waals surface area contributed by atoms with Gasteiger partial charge in [0.1, 0.15) is 0 Å². The number of unbranched alkanes of at least 4 members (excludes halogenated alkanes) is 10. The zero-order valence-electron chi connectivity index (χ0n) is 23.0. The molecule has 1 unspecified atom stereocenters. The van der Waals surface area contributed by atoms with Crippen LogP contribution in [0.1, 0.15) is 93.7 Å². The summed E-state index contributed by atoms with van der Waals surface area (Å²) in [6, 6.07) is 33.6. The number of hydrogen-bond acceptors (Lipinski definition) is 0. The molecule has 0 saturated heterocycles. The Labute approximate surface area is 241 Å². The quantitative estimate of drug-likeness (QED) is 0.0976. The Kier molecular flexibility index (Phi) is 16.8. The Hall–Kier alpha value is -1.43. The van der Waals surface area contributed by atoms with Gasteiger partial charge in [0.2, 0.25) is 0 Å². The second-order valence-electron chi connectivity index (χ2n) is 10.9. The maximum atomic E-state index is 2.85. The monoisotopic (exact) mass is 580 g/mol. The highest BCUT2D eigenvalue weighted by atomic mass is 79.9. The normalized spacial score (nSPS) is 11.3. The molecule has 37 heavy (non-hydrogen) atoms. The average molecular weight is 582 g/mol. The highest BCUT2D eigenvalue weighted by Crippen LogP contribution is 2.37. The summed E-state index contributed by atoms with van der Waals surface area (Å²) in [7, 11) is 2.85. The summed E-state index contributed by atoms with van der Waals surface area (Å²) in [6.07, 6.45) is 21.5. The lowest BCUT2D eigenvalue weighted by atomic mass is 9.69. The lowest BCUT2D eigenvalue weighted by Gasteiger charge is -2.35. The summed E-state index contributed by atoms with van der Waals surface area (Å²) in [5, 5.41) is 0. The van der Waals surface area contributed by atoms with Crippen molar-refractivity contribution in [3.63, 3.8) is 0 Å². The predicted octanol–water partition coefficient (Wildman–Crippen LogP) is 10.8. The van der Waals surface area contributed by atoms with Crippen molar-refractivity contribution < 1.29 is 0 Å². The van der Waals surface area contributed by atoms with Crippen molar-refractivity contribution >= 4 is 26.2 Å². The van der Waals surface area contributed by atoms with Gasteiger partial charge in [0.05, 0.1) is 0 Å². The van der Waals surface area contributed by atoms with E-state index in [4.69, 9.17) is 0 Å². The molecule has 0 fully saturated rings. The summed E-state index contributed by atoms with van der Waals surface area (Å²) in [4.78, 5) is 0. The Balaban J connectivity index is 0.00000481. The van der Waals surface area contributed by atoms with Crippen molar-refractivity contribution in [2.24, 2.45) is 5.41 Å². The van der Waals surface area contributed by atoms with Gasteiger partial charge in [-0.3, -0.25) is 0 Å². The van der Waals surface area contributed by atoms with Crippen LogP contribution in [0.4, 0.5) is 0 Å². The molecule has 0 aromatic heterocycles. The van der Waals surface area contributed by atoms with Crippen LogP contribution in [-0.4, -0.2) is 6.16 Å². The van der Waals surface area contributed by atoms with Crippen molar-refractivity contribution in [2.75, 3.05) is 6.16 Å². The number of halogens is 1. The van der Waals surface area contributed by atoms with Crippen LogP contribution in [0.15, 0.2) is 91.0 Å². The fourth-order valence-electron chi connectivity index (χ4n) is 5.77. The first-order chi connectivity index (χ1) is 17.8. The molecule has 0 N–H and O–H groups in total. The zero-order chi connectivity index (χ0) is 25.2. The molecule has 0 aliphatic rings. The molecule has 0 saturated carbocycles. The molecular weight excluding hydrogens is 531 g/mol. The average Bonchev–Trinajstić information content (AvgIpc) is 2.91. The van der Waals surface area contributed by atoms with Crippen LogP contribution in [0.2, 0.25) is 0 Å². The highest BCUT2D eigenvalue weighted by molar-refractivity contribution is 8.93. The molecular formula is C35H50BrP. The molecule has 2 heteroatoms. The molecule has 0 heterocycles. The third-order valence-electron chi connectivity index (χ3n) is 7.68. The van der Waals surface area contributed by atoms with E-state index in [1.54, 1.807) is 0 Å². The van der Waals surface area contributed by atoms with E-state index in [1.165, 1.54) is 99.9 Å². The highest BCUT2D eigenvalue weighted by Gasteiger charge is 2.30. The molecule has 202 valence electrons. The Morgan fingerprint density at radius 3 is 1.03 bits per heavy atom. The fourth-order valence-corrected chi connectivity index (χ4v) is 6.06. The van der Waals surface area contributed by atoms with Crippen molar-refractivity contribution in [1.29, 1.82) is 0 Å². The van der Waals surface area contributed by atoms with E-state index < -0.39 is 0 Å². The molecule has 0 radical (unpaired) electrons. The molecule has 3 rings (SSSR count). The van der Waals surface area contributed by atoms with Gasteiger partial charge in [0.25, 0.3) is 0 Å². The lowest BCUT2D eigenvalue weighted by molar-refractivity contribution is 0.243. The summed E-state index contributed by atoms with van der Waals surface area (Å²) in [5.74, 6) is 0. The van der Waals surface area contributed by atoms with Crippen LogP contribution in [0.3, 0.4) is 0 Å². The molecule has 0 amide bonds. The molecule has 0 aliphatic heterocycles. The largest absolute Gasteiger partial charge is 0.138 e. The van der Waals surface area contributed by atoms with E-state index in [2.05, 4.69) is 100 Å². The van der Waals surface area contributed by atoms with Crippen molar-refractivity contribution in [3.05, 3.63) is 108 Å². The first-order valence-corrected chi connectivity index (χ1v) is 15.4. The second kappa shape index (κ2) is 19.6. The summed E-state index contributed by atoms with van der Waals surface area (Å²) in [6.45, 7) is 0. The Bertz CT molecular complexity index is 808. The Morgan fingerprint density at radius 1 is 0.405 bits per heavy atom. The standard InChI is InChI=1S/C35H49P.BrH/c36-28-20-9-7-5-3-1-2-4-6-8-19-27-35(29-32-21-13-10-14-22-32,30-33-23-15-11-16-24-33)31-34-25-17-12-18-26-34;/h10-18,21-26H,1-9,19-20,27-31,36H2;1H. The van der Waals surface area contributed by atoms with Crippen LogP contribution in [0.5, 0.6) is 0 Å². The molecule has 0 bridgehead atoms. The Morgan fingerprint density at radius 2 is 0.703 bits per heavy atom. The van der Waals surface area contributed by atoms with Gasteiger partial charge in [-0.05, 0) is 60.4 Å². The predicted molar refractivity (Wildman–Crippen MR) is 173 cm³/mol. The smallest absolute Gasteiger partial charge is 0.0176 e. The lowest BCUT2D eigenvalue weighted by Crippen LogP contribution is -2.30. The van der Waals surface area contributed by atoms with Crippen molar-refractivity contribution in [2.45, 2.75) is 96.3 Å². The number of rotatable bonds is 19. The van der Waals surface area contributed by atoms with Gasteiger partial charge in [0.15, 0.2) is 0 Å². The van der Waals surface area contributed by atoms with E-state index in [-0.39, 0.29) is 22.4 Å². The van der Waals surface area contributed by atoms with Gasteiger partial charge in [0, 0.05) is 0 Å². The van der Waals surface area contributed by atoms with Gasteiger partial charge in [-0.2, -0.15) is 0 Å². The van der Waals surface area contributed by atoms with E-state index >= 15 is 0 Å². The minimum Gasteiger partial charge on any atom is -0.138 e. The summed E-state index contributed by atoms with van der Waals surface area (Å²) < 4.78 is 0.